The molecule has 25 heavy (non-hydrogen) atoms. The highest BCUT2D eigenvalue weighted by Crippen LogP contribution is 2.19. The number of amides is 1. The third kappa shape index (κ3) is 6.04. The largest absolute Gasteiger partial charge is 0.481 e. The average molecular weight is 344 g/mol. The summed E-state index contributed by atoms with van der Waals surface area (Å²) in [5.74, 6) is -1.14. The molecule has 0 saturated carbocycles. The molecular formula is C18H24N4O3. The smallest absolute Gasteiger partial charge is 0.303 e. The lowest BCUT2D eigenvalue weighted by atomic mass is 10.0. The lowest BCUT2D eigenvalue weighted by molar-refractivity contribution is -0.137. The van der Waals surface area contributed by atoms with E-state index in [1.807, 2.05) is 49.3 Å². The van der Waals surface area contributed by atoms with Crippen molar-refractivity contribution in [1.82, 2.24) is 20.0 Å². The van der Waals surface area contributed by atoms with E-state index in [0.717, 1.165) is 12.1 Å². The zero-order valence-electron chi connectivity index (χ0n) is 14.6. The summed E-state index contributed by atoms with van der Waals surface area (Å²) < 4.78 is 1.73. The van der Waals surface area contributed by atoms with Crippen LogP contribution in [0.3, 0.4) is 0 Å². The zero-order chi connectivity index (χ0) is 18.2. The summed E-state index contributed by atoms with van der Waals surface area (Å²) in [5.41, 5.74) is 1.35. The highest BCUT2D eigenvalue weighted by atomic mass is 16.4. The van der Waals surface area contributed by atoms with Crippen molar-refractivity contribution >= 4 is 11.9 Å². The van der Waals surface area contributed by atoms with Crippen LogP contribution >= 0.6 is 0 Å². The fourth-order valence-corrected chi connectivity index (χ4v) is 2.42. The van der Waals surface area contributed by atoms with Crippen molar-refractivity contribution in [3.05, 3.63) is 53.9 Å². The van der Waals surface area contributed by atoms with E-state index in [4.69, 9.17) is 5.11 Å². The molecule has 7 heteroatoms. The van der Waals surface area contributed by atoms with E-state index in [1.54, 1.807) is 10.9 Å². The molecule has 0 aliphatic heterocycles. The molecule has 134 valence electrons. The number of hydrogen-bond donors (Lipinski definition) is 2. The summed E-state index contributed by atoms with van der Waals surface area (Å²) in [6.07, 6.45) is 3.56. The molecule has 0 spiro atoms. The number of nitrogens with one attached hydrogen (secondary N) is 1. The first-order chi connectivity index (χ1) is 12.0. The van der Waals surface area contributed by atoms with Crippen LogP contribution in [0.1, 0.15) is 34.8 Å². The topological polar surface area (TPSA) is 87.5 Å². The fourth-order valence-electron chi connectivity index (χ4n) is 2.42. The van der Waals surface area contributed by atoms with E-state index in [0.29, 0.717) is 18.5 Å². The Morgan fingerprint density at radius 1 is 1.28 bits per heavy atom. The Hall–Kier alpha value is -2.67. The number of aliphatic carboxylic acids is 1. The van der Waals surface area contributed by atoms with Crippen LogP contribution in [-0.2, 0) is 11.3 Å². The van der Waals surface area contributed by atoms with Crippen molar-refractivity contribution in [3.63, 3.8) is 0 Å². The molecule has 0 fully saturated rings. The summed E-state index contributed by atoms with van der Waals surface area (Å²) in [4.78, 5) is 25.4. The Balaban J connectivity index is 2.04. The molecule has 2 rings (SSSR count). The minimum Gasteiger partial charge on any atom is -0.481 e. The minimum atomic E-state index is -0.883. The molecule has 0 saturated heterocycles. The van der Waals surface area contributed by atoms with E-state index in [1.165, 1.54) is 6.20 Å². The van der Waals surface area contributed by atoms with Crippen LogP contribution < -0.4 is 5.32 Å². The Bertz CT molecular complexity index is 697. The summed E-state index contributed by atoms with van der Waals surface area (Å²) in [7, 11) is 3.95. The maximum absolute atomic E-state index is 12.5. The molecule has 2 aromatic rings. The van der Waals surface area contributed by atoms with Crippen LogP contribution in [0.5, 0.6) is 0 Å². The van der Waals surface area contributed by atoms with Gasteiger partial charge in [-0.25, -0.2) is 0 Å². The second-order valence-corrected chi connectivity index (χ2v) is 6.16. The second kappa shape index (κ2) is 8.98. The standard InChI is InChI=1S/C18H24N4O3/c1-21(2)10-11-22-13-15(12-19-22)18(25)20-16(8-9-17(23)24)14-6-4-3-5-7-14/h3-7,12-13,16H,8-11H2,1-2H3,(H,20,25)(H,23,24). The number of carboxylic acid groups (broad SMARTS) is 1. The summed E-state index contributed by atoms with van der Waals surface area (Å²) in [6, 6.07) is 9.04. The van der Waals surface area contributed by atoms with Gasteiger partial charge in [0, 0.05) is 19.2 Å². The van der Waals surface area contributed by atoms with Gasteiger partial charge in [-0.05, 0) is 26.1 Å². The van der Waals surface area contributed by atoms with Crippen molar-refractivity contribution < 1.29 is 14.7 Å². The molecule has 1 aromatic carbocycles. The summed E-state index contributed by atoms with van der Waals surface area (Å²) in [5, 5.41) is 16.1. The first kappa shape index (κ1) is 18.7. The molecule has 7 nitrogen and oxygen atoms in total. The number of hydrogen-bond acceptors (Lipinski definition) is 4. The molecule has 1 aromatic heterocycles. The Morgan fingerprint density at radius 3 is 2.64 bits per heavy atom. The summed E-state index contributed by atoms with van der Waals surface area (Å²) in [6.45, 7) is 1.52. The van der Waals surface area contributed by atoms with Gasteiger partial charge in [-0.1, -0.05) is 30.3 Å². The molecule has 1 amide bonds. The summed E-state index contributed by atoms with van der Waals surface area (Å²) >= 11 is 0. The number of carboxylic acids is 1. The molecule has 0 bridgehead atoms. The van der Waals surface area contributed by atoms with Gasteiger partial charge < -0.3 is 15.3 Å². The predicted molar refractivity (Wildman–Crippen MR) is 94.3 cm³/mol. The van der Waals surface area contributed by atoms with Crippen LogP contribution in [0.25, 0.3) is 0 Å². The number of nitrogens with zero attached hydrogens (tertiary/aromatic N) is 3. The van der Waals surface area contributed by atoms with Gasteiger partial charge in [0.2, 0.25) is 0 Å². The number of carbonyl (C=O) groups excluding carboxylic acids is 1. The van der Waals surface area contributed by atoms with Crippen molar-refractivity contribution in [3.8, 4) is 0 Å². The molecule has 2 N–H and O–H groups in total. The number of carbonyl (C=O) groups is 2. The Labute approximate surface area is 147 Å². The quantitative estimate of drug-likeness (QED) is 0.724. The molecular weight excluding hydrogens is 320 g/mol. The van der Waals surface area contributed by atoms with Gasteiger partial charge in [0.1, 0.15) is 0 Å². The molecule has 1 unspecified atom stereocenters. The maximum atomic E-state index is 12.5. The van der Waals surface area contributed by atoms with Gasteiger partial charge in [-0.3, -0.25) is 14.3 Å². The molecule has 1 heterocycles. The Kier molecular flexibility index (Phi) is 6.71. The van der Waals surface area contributed by atoms with E-state index in [2.05, 4.69) is 10.4 Å². The number of benzene rings is 1. The van der Waals surface area contributed by atoms with Gasteiger partial charge in [0.15, 0.2) is 0 Å². The maximum Gasteiger partial charge on any atom is 0.303 e. The van der Waals surface area contributed by atoms with Crippen LogP contribution in [0, 0.1) is 0 Å². The zero-order valence-corrected chi connectivity index (χ0v) is 14.6. The predicted octanol–water partition coefficient (Wildman–Crippen LogP) is 1.78. The van der Waals surface area contributed by atoms with Crippen LogP contribution in [0.4, 0.5) is 0 Å². The second-order valence-electron chi connectivity index (χ2n) is 6.16. The van der Waals surface area contributed by atoms with Crippen molar-refractivity contribution in [2.24, 2.45) is 0 Å². The van der Waals surface area contributed by atoms with E-state index >= 15 is 0 Å². The lowest BCUT2D eigenvalue weighted by Crippen LogP contribution is -2.28. The first-order valence-electron chi connectivity index (χ1n) is 8.20. The van der Waals surface area contributed by atoms with Crippen molar-refractivity contribution in [1.29, 1.82) is 0 Å². The average Bonchev–Trinajstić information content (AvgIpc) is 3.06. The van der Waals surface area contributed by atoms with Crippen LogP contribution in [0.15, 0.2) is 42.7 Å². The Morgan fingerprint density at radius 2 is 2.00 bits per heavy atom. The van der Waals surface area contributed by atoms with Crippen molar-refractivity contribution in [2.45, 2.75) is 25.4 Å². The third-order valence-electron chi connectivity index (χ3n) is 3.83. The third-order valence-corrected chi connectivity index (χ3v) is 3.83. The van der Waals surface area contributed by atoms with Crippen LogP contribution in [0.2, 0.25) is 0 Å². The van der Waals surface area contributed by atoms with Gasteiger partial charge in [0.25, 0.3) is 5.91 Å². The number of likely N-dealkylation sites (N-methyl/N-ethyl adjacent to an activating group) is 1. The minimum absolute atomic E-state index is 0.0120. The van der Waals surface area contributed by atoms with E-state index < -0.39 is 5.97 Å². The number of rotatable bonds is 9. The normalized spacial score (nSPS) is 12.1. The molecule has 1 atom stereocenters. The lowest BCUT2D eigenvalue weighted by Gasteiger charge is -2.18. The number of aromatic nitrogens is 2. The van der Waals surface area contributed by atoms with Crippen molar-refractivity contribution in [2.75, 3.05) is 20.6 Å². The molecule has 0 aliphatic carbocycles. The molecule has 0 aliphatic rings. The van der Waals surface area contributed by atoms with Crippen LogP contribution in [-0.4, -0.2) is 52.3 Å². The monoisotopic (exact) mass is 344 g/mol. The van der Waals surface area contributed by atoms with E-state index in [-0.39, 0.29) is 18.4 Å². The van der Waals surface area contributed by atoms with Gasteiger partial charge in [0.05, 0.1) is 24.3 Å². The highest BCUT2D eigenvalue weighted by molar-refractivity contribution is 5.94. The molecule has 0 radical (unpaired) electrons. The fraction of sp³-hybridized carbons (Fsp3) is 0.389. The SMILES string of the molecule is CN(C)CCn1cc(C(=O)NC(CCC(=O)O)c2ccccc2)cn1. The van der Waals surface area contributed by atoms with Gasteiger partial charge in [-0.15, -0.1) is 0 Å². The first-order valence-corrected chi connectivity index (χ1v) is 8.20. The van der Waals surface area contributed by atoms with Gasteiger partial charge >= 0.3 is 5.97 Å². The van der Waals surface area contributed by atoms with Gasteiger partial charge in [-0.2, -0.15) is 5.10 Å². The van der Waals surface area contributed by atoms with E-state index in [9.17, 15) is 9.59 Å². The highest BCUT2D eigenvalue weighted by Gasteiger charge is 2.18.